The van der Waals surface area contributed by atoms with Crippen molar-refractivity contribution < 1.29 is 28.6 Å². The van der Waals surface area contributed by atoms with Gasteiger partial charge in [-0.3, -0.25) is 19.4 Å². The summed E-state index contributed by atoms with van der Waals surface area (Å²) in [5.41, 5.74) is -0.387. The van der Waals surface area contributed by atoms with Crippen LogP contribution in [0, 0.1) is 5.82 Å². The van der Waals surface area contributed by atoms with Crippen LogP contribution in [0.4, 0.5) is 9.18 Å². The first-order valence-corrected chi connectivity index (χ1v) is 13.9. The van der Waals surface area contributed by atoms with E-state index in [2.05, 4.69) is 25.7 Å². The van der Waals surface area contributed by atoms with Gasteiger partial charge < -0.3 is 19.6 Å². The van der Waals surface area contributed by atoms with Crippen molar-refractivity contribution >= 4 is 29.5 Å². The molecule has 2 aliphatic heterocycles. The Morgan fingerprint density at radius 2 is 1.69 bits per heavy atom. The SMILES string of the molecule is CC(C)(C)OC(=O)N1CCN(C(C)(C)C)CC1C(=O)N1CCN(C(=O)Cc2ccc(Cl)c(F)c2)C(CCO)C1. The molecule has 1 N–H and O–H groups in total. The average molecular weight is 569 g/mol. The van der Waals surface area contributed by atoms with E-state index in [1.165, 1.54) is 17.0 Å². The zero-order valence-corrected chi connectivity index (χ0v) is 24.6. The number of hydrogen-bond acceptors (Lipinski definition) is 6. The number of benzene rings is 1. The minimum atomic E-state index is -0.734. The molecule has 2 atom stereocenters. The van der Waals surface area contributed by atoms with Crippen LogP contribution in [0.5, 0.6) is 0 Å². The van der Waals surface area contributed by atoms with E-state index in [9.17, 15) is 23.9 Å². The maximum atomic E-state index is 13.9. The number of aliphatic hydroxyl groups is 1. The van der Waals surface area contributed by atoms with Gasteiger partial charge in [0.15, 0.2) is 0 Å². The van der Waals surface area contributed by atoms with E-state index in [1.807, 2.05) is 0 Å². The third-order valence-corrected chi connectivity index (χ3v) is 7.47. The Morgan fingerprint density at radius 3 is 2.28 bits per heavy atom. The summed E-state index contributed by atoms with van der Waals surface area (Å²) in [6, 6.07) is 3.13. The molecule has 0 saturated carbocycles. The van der Waals surface area contributed by atoms with E-state index in [-0.39, 0.29) is 55.0 Å². The van der Waals surface area contributed by atoms with Crippen molar-refractivity contribution in [3.63, 3.8) is 0 Å². The molecule has 218 valence electrons. The zero-order valence-electron chi connectivity index (χ0n) is 23.9. The van der Waals surface area contributed by atoms with Crippen molar-refractivity contribution in [3.05, 3.63) is 34.6 Å². The average Bonchev–Trinajstić information content (AvgIpc) is 2.84. The van der Waals surface area contributed by atoms with Gasteiger partial charge in [0, 0.05) is 51.4 Å². The van der Waals surface area contributed by atoms with Crippen molar-refractivity contribution in [2.45, 2.75) is 77.6 Å². The van der Waals surface area contributed by atoms with E-state index < -0.39 is 29.6 Å². The molecule has 0 aromatic heterocycles. The van der Waals surface area contributed by atoms with Crippen molar-refractivity contribution in [1.29, 1.82) is 0 Å². The lowest BCUT2D eigenvalue weighted by Gasteiger charge is -2.48. The Kier molecular flexibility index (Phi) is 9.88. The van der Waals surface area contributed by atoms with E-state index in [4.69, 9.17) is 16.3 Å². The van der Waals surface area contributed by atoms with E-state index in [0.717, 1.165) is 0 Å². The highest BCUT2D eigenvalue weighted by Gasteiger charge is 2.43. The molecule has 2 aliphatic rings. The van der Waals surface area contributed by atoms with Crippen LogP contribution in [0.25, 0.3) is 0 Å². The maximum Gasteiger partial charge on any atom is 0.411 e. The zero-order chi connectivity index (χ0) is 29.1. The maximum absolute atomic E-state index is 13.9. The summed E-state index contributed by atoms with van der Waals surface area (Å²) in [4.78, 5) is 47.2. The van der Waals surface area contributed by atoms with E-state index in [0.29, 0.717) is 31.6 Å². The van der Waals surface area contributed by atoms with Crippen LogP contribution in [0.3, 0.4) is 0 Å². The summed E-state index contributed by atoms with van der Waals surface area (Å²) in [5, 5.41) is 9.70. The molecular weight excluding hydrogens is 527 g/mol. The van der Waals surface area contributed by atoms with Gasteiger partial charge in [-0.2, -0.15) is 0 Å². The van der Waals surface area contributed by atoms with Crippen molar-refractivity contribution in [2.75, 3.05) is 45.9 Å². The van der Waals surface area contributed by atoms with Crippen LogP contribution in [-0.2, 0) is 20.7 Å². The van der Waals surface area contributed by atoms with Gasteiger partial charge >= 0.3 is 6.09 Å². The quantitative estimate of drug-likeness (QED) is 0.586. The van der Waals surface area contributed by atoms with Crippen molar-refractivity contribution in [2.24, 2.45) is 0 Å². The lowest BCUT2D eigenvalue weighted by atomic mass is 10.0. The molecule has 2 heterocycles. The number of aliphatic hydroxyl groups excluding tert-OH is 1. The van der Waals surface area contributed by atoms with Gasteiger partial charge in [0.25, 0.3) is 0 Å². The summed E-state index contributed by atoms with van der Waals surface area (Å²) < 4.78 is 19.5. The number of rotatable bonds is 5. The molecule has 1 aromatic carbocycles. The fourth-order valence-corrected chi connectivity index (χ4v) is 5.18. The van der Waals surface area contributed by atoms with Crippen LogP contribution in [0.1, 0.15) is 53.5 Å². The van der Waals surface area contributed by atoms with Gasteiger partial charge in [-0.05, 0) is 65.7 Å². The molecule has 2 unspecified atom stereocenters. The van der Waals surface area contributed by atoms with Crippen LogP contribution in [-0.4, -0.2) is 112 Å². The molecule has 1 aromatic rings. The highest BCUT2D eigenvalue weighted by molar-refractivity contribution is 6.30. The molecule has 0 spiro atoms. The number of piperazine rings is 2. The summed E-state index contributed by atoms with van der Waals surface area (Å²) in [7, 11) is 0. The van der Waals surface area contributed by atoms with Crippen LogP contribution < -0.4 is 0 Å². The van der Waals surface area contributed by atoms with E-state index in [1.54, 1.807) is 36.6 Å². The molecule has 2 saturated heterocycles. The summed E-state index contributed by atoms with van der Waals surface area (Å²) in [5.74, 6) is -1.01. The minimum absolute atomic E-state index is 0.00959. The number of halogens is 2. The van der Waals surface area contributed by atoms with Gasteiger partial charge in [0.05, 0.1) is 17.5 Å². The van der Waals surface area contributed by atoms with Crippen molar-refractivity contribution in [3.8, 4) is 0 Å². The predicted molar refractivity (Wildman–Crippen MR) is 147 cm³/mol. The highest BCUT2D eigenvalue weighted by atomic mass is 35.5. The minimum Gasteiger partial charge on any atom is -0.444 e. The first-order valence-electron chi connectivity index (χ1n) is 13.5. The second kappa shape index (κ2) is 12.4. The lowest BCUT2D eigenvalue weighted by molar-refractivity contribution is -0.148. The molecule has 39 heavy (non-hydrogen) atoms. The molecule has 11 heteroatoms. The fourth-order valence-electron chi connectivity index (χ4n) is 5.06. The molecule has 2 fully saturated rings. The van der Waals surface area contributed by atoms with Gasteiger partial charge in [-0.1, -0.05) is 17.7 Å². The Hall–Kier alpha value is -2.43. The number of carbonyl (C=O) groups excluding carboxylic acids is 3. The van der Waals surface area contributed by atoms with Crippen LogP contribution >= 0.6 is 11.6 Å². The molecule has 0 aliphatic carbocycles. The Labute approximate surface area is 235 Å². The Morgan fingerprint density at radius 1 is 1.03 bits per heavy atom. The first-order chi connectivity index (χ1) is 18.1. The number of nitrogens with zero attached hydrogens (tertiary/aromatic N) is 4. The molecular formula is C28H42ClFN4O5. The smallest absolute Gasteiger partial charge is 0.411 e. The van der Waals surface area contributed by atoms with Crippen molar-refractivity contribution in [1.82, 2.24) is 19.6 Å². The second-order valence-corrected chi connectivity index (χ2v) is 12.7. The summed E-state index contributed by atoms with van der Waals surface area (Å²) in [6.45, 7) is 13.6. The lowest BCUT2D eigenvalue weighted by Crippen LogP contribution is -2.66. The molecule has 9 nitrogen and oxygen atoms in total. The number of carbonyl (C=O) groups is 3. The van der Waals surface area contributed by atoms with Crippen LogP contribution in [0.15, 0.2) is 18.2 Å². The van der Waals surface area contributed by atoms with Gasteiger partial charge in [0.1, 0.15) is 17.5 Å². The topological polar surface area (TPSA) is 93.6 Å². The summed E-state index contributed by atoms with van der Waals surface area (Å²) >= 11 is 5.76. The fraction of sp³-hybridized carbons (Fsp3) is 0.679. The number of ether oxygens (including phenoxy) is 1. The third-order valence-electron chi connectivity index (χ3n) is 7.16. The molecule has 0 bridgehead atoms. The molecule has 0 radical (unpaired) electrons. The normalized spacial score (nSPS) is 21.2. The van der Waals surface area contributed by atoms with Gasteiger partial charge in [-0.25, -0.2) is 9.18 Å². The highest BCUT2D eigenvalue weighted by Crippen LogP contribution is 2.25. The Balaban J connectivity index is 1.77. The monoisotopic (exact) mass is 568 g/mol. The van der Waals surface area contributed by atoms with Gasteiger partial charge in [-0.15, -0.1) is 0 Å². The molecule has 3 amide bonds. The Bertz CT molecular complexity index is 1060. The largest absolute Gasteiger partial charge is 0.444 e. The number of amides is 3. The number of hydrogen-bond donors (Lipinski definition) is 1. The second-order valence-electron chi connectivity index (χ2n) is 12.3. The van der Waals surface area contributed by atoms with Crippen LogP contribution in [0.2, 0.25) is 5.02 Å². The standard InChI is InChI=1S/C28H42ClFN4O5/c1-27(2,3)32-11-13-34(26(38)39-28(4,5)6)23(18-32)25(37)31-10-12-33(20(17-31)9-14-35)24(36)16-19-7-8-21(29)22(30)15-19/h7-8,15,20,23,35H,9-14,16-18H2,1-6H3. The summed E-state index contributed by atoms with van der Waals surface area (Å²) in [6.07, 6.45) is -0.246. The molecule has 3 rings (SSSR count). The third kappa shape index (κ3) is 8.05. The van der Waals surface area contributed by atoms with E-state index >= 15 is 0 Å². The predicted octanol–water partition coefficient (Wildman–Crippen LogP) is 3.16. The first kappa shape index (κ1) is 31.1. The van der Waals surface area contributed by atoms with Gasteiger partial charge in [0.2, 0.25) is 11.8 Å².